The van der Waals surface area contributed by atoms with Gasteiger partial charge in [0.25, 0.3) is 5.82 Å². The Kier molecular flexibility index (Phi) is 1.95. The van der Waals surface area contributed by atoms with Crippen LogP contribution in [-0.2, 0) is 11.0 Å². The van der Waals surface area contributed by atoms with Crippen LogP contribution in [0.5, 0.6) is 0 Å². The quantitative estimate of drug-likeness (QED) is 0.815. The molecule has 1 aliphatic rings. The molecule has 15 heavy (non-hydrogen) atoms. The molecule has 1 aromatic heterocycles. The van der Waals surface area contributed by atoms with E-state index in [1.807, 2.05) is 0 Å². The van der Waals surface area contributed by atoms with Crippen molar-refractivity contribution in [1.82, 2.24) is 10.1 Å². The third-order valence-electron chi connectivity index (χ3n) is 2.12. The molecular weight excluding hydrogens is 217 g/mol. The van der Waals surface area contributed by atoms with Gasteiger partial charge in [0, 0.05) is 0 Å². The molecule has 8 heteroatoms. The van der Waals surface area contributed by atoms with Crippen molar-refractivity contribution in [1.29, 1.82) is 0 Å². The smallest absolute Gasteiger partial charge is 0.455 e. The second kappa shape index (κ2) is 2.94. The largest absolute Gasteiger partial charge is 0.481 e. The standard InChI is InChI=1S/C7H5F3N2O3/c8-7(9,10)6-11-4(15-12-6)2-1-3(2)5(13)14/h2-3H,1H2,(H,13,14)/t2-,3+/m0/s1. The Hall–Kier alpha value is -1.60. The van der Waals surface area contributed by atoms with Gasteiger partial charge in [-0.1, -0.05) is 5.16 Å². The molecule has 0 amide bonds. The minimum absolute atomic E-state index is 0.245. The van der Waals surface area contributed by atoms with E-state index in [9.17, 15) is 18.0 Å². The van der Waals surface area contributed by atoms with Gasteiger partial charge < -0.3 is 9.63 Å². The van der Waals surface area contributed by atoms with Crippen molar-refractivity contribution in [3.8, 4) is 0 Å². The fourth-order valence-corrected chi connectivity index (χ4v) is 1.24. The maximum atomic E-state index is 12.0. The second-order valence-corrected chi connectivity index (χ2v) is 3.24. The molecular formula is C7H5F3N2O3. The summed E-state index contributed by atoms with van der Waals surface area (Å²) in [6.07, 6.45) is -4.41. The predicted molar refractivity (Wildman–Crippen MR) is 37.8 cm³/mol. The summed E-state index contributed by atoms with van der Waals surface area (Å²) in [5.74, 6) is -3.97. The lowest BCUT2D eigenvalue weighted by molar-refractivity contribution is -0.146. The van der Waals surface area contributed by atoms with Crippen LogP contribution in [0.3, 0.4) is 0 Å². The Bertz CT molecular complexity index is 400. The summed E-state index contributed by atoms with van der Waals surface area (Å²) in [7, 11) is 0. The van der Waals surface area contributed by atoms with Crippen molar-refractivity contribution in [3.05, 3.63) is 11.7 Å². The summed E-state index contributed by atoms with van der Waals surface area (Å²) in [4.78, 5) is 13.5. The number of carboxylic acids is 1. The highest BCUT2D eigenvalue weighted by Crippen LogP contribution is 2.47. The maximum Gasteiger partial charge on any atom is 0.455 e. The van der Waals surface area contributed by atoms with E-state index in [1.54, 1.807) is 0 Å². The number of halogens is 3. The first-order valence-electron chi connectivity index (χ1n) is 4.03. The van der Waals surface area contributed by atoms with E-state index in [0.717, 1.165) is 0 Å². The highest BCUT2D eigenvalue weighted by Gasteiger charge is 2.49. The van der Waals surface area contributed by atoms with Gasteiger partial charge in [0.05, 0.1) is 11.8 Å². The molecule has 0 bridgehead atoms. The highest BCUT2D eigenvalue weighted by molar-refractivity contribution is 5.74. The molecule has 2 atom stereocenters. The third-order valence-corrected chi connectivity index (χ3v) is 2.12. The summed E-state index contributed by atoms with van der Waals surface area (Å²) in [6, 6.07) is 0. The number of carbonyl (C=O) groups is 1. The minimum Gasteiger partial charge on any atom is -0.481 e. The first kappa shape index (κ1) is 9.94. The lowest BCUT2D eigenvalue weighted by atomic mass is 10.3. The Labute approximate surface area is 80.9 Å². The van der Waals surface area contributed by atoms with E-state index in [0.29, 0.717) is 0 Å². The monoisotopic (exact) mass is 222 g/mol. The average molecular weight is 222 g/mol. The van der Waals surface area contributed by atoms with Crippen LogP contribution in [0.2, 0.25) is 0 Å². The van der Waals surface area contributed by atoms with E-state index < -0.39 is 29.8 Å². The lowest BCUT2D eigenvalue weighted by Gasteiger charge is -1.95. The number of aliphatic carboxylic acids is 1. The number of hydrogen-bond donors (Lipinski definition) is 1. The van der Waals surface area contributed by atoms with E-state index in [1.165, 1.54) is 0 Å². The SMILES string of the molecule is O=C(O)[C@@H]1C[C@@H]1c1nc(C(F)(F)F)no1. The molecule has 1 fully saturated rings. The molecule has 0 saturated heterocycles. The van der Waals surface area contributed by atoms with Crippen molar-refractivity contribution >= 4 is 5.97 Å². The minimum atomic E-state index is -4.66. The molecule has 1 heterocycles. The van der Waals surface area contributed by atoms with Gasteiger partial charge in [-0.15, -0.1) is 0 Å². The summed E-state index contributed by atoms with van der Waals surface area (Å²) < 4.78 is 40.5. The van der Waals surface area contributed by atoms with Gasteiger partial charge in [0.1, 0.15) is 0 Å². The van der Waals surface area contributed by atoms with Gasteiger partial charge >= 0.3 is 12.1 Å². The molecule has 0 radical (unpaired) electrons. The van der Waals surface area contributed by atoms with Gasteiger partial charge in [-0.25, -0.2) is 0 Å². The normalized spacial score (nSPS) is 25.3. The number of aromatic nitrogens is 2. The van der Waals surface area contributed by atoms with Crippen LogP contribution < -0.4 is 0 Å². The first-order chi connectivity index (χ1) is 6.89. The van der Waals surface area contributed by atoms with Crippen molar-refractivity contribution in [2.24, 2.45) is 5.92 Å². The molecule has 0 aromatic carbocycles. The van der Waals surface area contributed by atoms with Gasteiger partial charge in [-0.2, -0.15) is 18.2 Å². The van der Waals surface area contributed by atoms with Crippen molar-refractivity contribution < 1.29 is 27.6 Å². The van der Waals surface area contributed by atoms with Crippen LogP contribution in [0.15, 0.2) is 4.52 Å². The Morgan fingerprint density at radius 2 is 2.20 bits per heavy atom. The summed E-state index contributed by atoms with van der Waals surface area (Å²) in [5, 5.41) is 11.3. The Morgan fingerprint density at radius 1 is 1.53 bits per heavy atom. The number of rotatable bonds is 2. The molecule has 1 aromatic rings. The molecule has 0 aliphatic heterocycles. The lowest BCUT2D eigenvalue weighted by Crippen LogP contribution is -2.07. The molecule has 1 N–H and O–H groups in total. The van der Waals surface area contributed by atoms with Gasteiger partial charge in [-0.3, -0.25) is 4.79 Å². The number of carboxylic acid groups (broad SMARTS) is 1. The maximum absolute atomic E-state index is 12.0. The molecule has 82 valence electrons. The van der Waals surface area contributed by atoms with Crippen molar-refractivity contribution in [3.63, 3.8) is 0 Å². The van der Waals surface area contributed by atoms with Crippen LogP contribution in [0, 0.1) is 5.92 Å². The topological polar surface area (TPSA) is 76.2 Å². The highest BCUT2D eigenvalue weighted by atomic mass is 19.4. The molecule has 2 rings (SSSR count). The number of alkyl halides is 3. The summed E-state index contributed by atoms with van der Waals surface area (Å²) in [5.41, 5.74) is 0. The zero-order chi connectivity index (χ0) is 11.2. The van der Waals surface area contributed by atoms with Crippen LogP contribution in [-0.4, -0.2) is 21.2 Å². The summed E-state index contributed by atoms with van der Waals surface area (Å²) in [6.45, 7) is 0. The van der Waals surface area contributed by atoms with Crippen LogP contribution in [0.25, 0.3) is 0 Å². The molecule has 0 unspecified atom stereocenters. The van der Waals surface area contributed by atoms with Crippen molar-refractivity contribution in [2.75, 3.05) is 0 Å². The average Bonchev–Trinajstić information content (AvgIpc) is 2.74. The van der Waals surface area contributed by atoms with Gasteiger partial charge in [0.15, 0.2) is 0 Å². The predicted octanol–water partition coefficient (Wildman–Crippen LogP) is 1.28. The van der Waals surface area contributed by atoms with E-state index >= 15 is 0 Å². The zero-order valence-corrected chi connectivity index (χ0v) is 7.15. The van der Waals surface area contributed by atoms with E-state index in [-0.39, 0.29) is 12.3 Å². The number of hydrogen-bond acceptors (Lipinski definition) is 4. The van der Waals surface area contributed by atoms with Crippen LogP contribution in [0.4, 0.5) is 13.2 Å². The molecule has 1 aliphatic carbocycles. The third kappa shape index (κ3) is 1.79. The zero-order valence-electron chi connectivity index (χ0n) is 7.15. The fourth-order valence-electron chi connectivity index (χ4n) is 1.24. The Morgan fingerprint density at radius 3 is 2.60 bits per heavy atom. The fraction of sp³-hybridized carbons (Fsp3) is 0.571. The van der Waals surface area contributed by atoms with Crippen molar-refractivity contribution in [2.45, 2.75) is 18.5 Å². The first-order valence-corrected chi connectivity index (χ1v) is 4.03. The molecule has 5 nitrogen and oxygen atoms in total. The summed E-state index contributed by atoms with van der Waals surface area (Å²) >= 11 is 0. The second-order valence-electron chi connectivity index (χ2n) is 3.24. The van der Waals surface area contributed by atoms with E-state index in [2.05, 4.69) is 14.7 Å². The Balaban J connectivity index is 2.13. The molecule has 0 spiro atoms. The van der Waals surface area contributed by atoms with Crippen LogP contribution >= 0.6 is 0 Å². The van der Waals surface area contributed by atoms with Crippen LogP contribution in [0.1, 0.15) is 24.1 Å². The van der Waals surface area contributed by atoms with Gasteiger partial charge in [-0.05, 0) is 6.42 Å². The number of nitrogens with zero attached hydrogens (tertiary/aromatic N) is 2. The molecule has 1 saturated carbocycles. The van der Waals surface area contributed by atoms with E-state index in [4.69, 9.17) is 5.11 Å². The van der Waals surface area contributed by atoms with Gasteiger partial charge in [0.2, 0.25) is 5.89 Å².